The largest absolute Gasteiger partial charge is 0.326 e. The molecule has 1 aromatic heterocycles. The predicted molar refractivity (Wildman–Crippen MR) is 74.0 cm³/mol. The average Bonchev–Trinajstić information content (AvgIpc) is 2.88. The summed E-state index contributed by atoms with van der Waals surface area (Å²) in [5.41, 5.74) is 5.53. The van der Waals surface area contributed by atoms with E-state index in [1.54, 1.807) is 16.4 Å². The molecule has 0 radical (unpaired) electrons. The maximum Gasteiger partial charge on any atom is 0.252 e. The van der Waals surface area contributed by atoms with E-state index in [4.69, 9.17) is 5.73 Å². The Morgan fingerprint density at radius 2 is 2.28 bits per heavy atom. The molecule has 1 fully saturated rings. The molecule has 0 saturated carbocycles. The van der Waals surface area contributed by atoms with Crippen LogP contribution in [0.4, 0.5) is 0 Å². The van der Waals surface area contributed by atoms with Gasteiger partial charge in [0, 0.05) is 24.5 Å². The first-order valence-corrected chi connectivity index (χ1v) is 8.62. The zero-order valence-corrected chi connectivity index (χ0v) is 12.3. The molecular weight excluding hydrogens is 268 g/mol. The van der Waals surface area contributed by atoms with E-state index < -0.39 is 10.0 Å². The molecule has 102 valence electrons. The van der Waals surface area contributed by atoms with Gasteiger partial charge in [0.1, 0.15) is 4.21 Å². The lowest BCUT2D eigenvalue weighted by Crippen LogP contribution is -2.39. The van der Waals surface area contributed by atoms with Crippen LogP contribution < -0.4 is 5.73 Å². The fraction of sp³-hybridized carbons (Fsp3) is 0.667. The van der Waals surface area contributed by atoms with Crippen LogP contribution in [0.1, 0.15) is 31.1 Å². The van der Waals surface area contributed by atoms with Crippen molar-refractivity contribution < 1.29 is 8.42 Å². The van der Waals surface area contributed by atoms with Gasteiger partial charge in [-0.15, -0.1) is 11.3 Å². The van der Waals surface area contributed by atoms with Crippen molar-refractivity contribution in [1.29, 1.82) is 0 Å². The predicted octanol–water partition coefficient (Wildman–Crippen LogP) is 2.02. The van der Waals surface area contributed by atoms with Gasteiger partial charge in [-0.2, -0.15) is 4.31 Å². The molecule has 1 aliphatic rings. The van der Waals surface area contributed by atoms with Crippen molar-refractivity contribution >= 4 is 21.4 Å². The van der Waals surface area contributed by atoms with Crippen LogP contribution in [-0.4, -0.2) is 25.8 Å². The lowest BCUT2D eigenvalue weighted by Gasteiger charge is -2.30. The smallest absolute Gasteiger partial charge is 0.252 e. The molecule has 0 spiro atoms. The van der Waals surface area contributed by atoms with Crippen LogP contribution in [0.15, 0.2) is 16.3 Å². The SMILES string of the molecule is CCC1CCCN(S(=O)(=O)c2ccc(CN)s2)C1. The Morgan fingerprint density at radius 3 is 2.89 bits per heavy atom. The molecule has 0 aliphatic carbocycles. The van der Waals surface area contributed by atoms with Gasteiger partial charge < -0.3 is 5.73 Å². The van der Waals surface area contributed by atoms with E-state index in [0.717, 1.165) is 24.1 Å². The van der Waals surface area contributed by atoms with Crippen LogP contribution in [0, 0.1) is 5.92 Å². The number of hydrogen-bond acceptors (Lipinski definition) is 4. The summed E-state index contributed by atoms with van der Waals surface area (Å²) in [7, 11) is -3.30. The molecule has 1 saturated heterocycles. The number of sulfonamides is 1. The second kappa shape index (κ2) is 5.69. The van der Waals surface area contributed by atoms with Crippen molar-refractivity contribution in [2.75, 3.05) is 13.1 Å². The molecule has 1 unspecified atom stereocenters. The lowest BCUT2D eigenvalue weighted by atomic mass is 9.97. The Labute approximate surface area is 113 Å². The summed E-state index contributed by atoms with van der Waals surface area (Å²) in [6, 6.07) is 3.48. The van der Waals surface area contributed by atoms with Crippen molar-refractivity contribution in [3.63, 3.8) is 0 Å². The van der Waals surface area contributed by atoms with Gasteiger partial charge >= 0.3 is 0 Å². The third-order valence-electron chi connectivity index (χ3n) is 3.49. The first-order valence-electron chi connectivity index (χ1n) is 6.37. The number of thiophene rings is 1. The minimum absolute atomic E-state index is 0.401. The van der Waals surface area contributed by atoms with Gasteiger partial charge in [-0.05, 0) is 30.9 Å². The third kappa shape index (κ3) is 2.77. The van der Waals surface area contributed by atoms with Crippen LogP contribution in [0.2, 0.25) is 0 Å². The monoisotopic (exact) mass is 288 g/mol. The van der Waals surface area contributed by atoms with Crippen molar-refractivity contribution in [3.05, 3.63) is 17.0 Å². The van der Waals surface area contributed by atoms with E-state index in [0.29, 0.717) is 29.8 Å². The summed E-state index contributed by atoms with van der Waals surface area (Å²) in [6.45, 7) is 3.83. The van der Waals surface area contributed by atoms with Crippen LogP contribution in [-0.2, 0) is 16.6 Å². The summed E-state index contributed by atoms with van der Waals surface area (Å²) < 4.78 is 27.0. The van der Waals surface area contributed by atoms with Crippen LogP contribution >= 0.6 is 11.3 Å². The number of nitrogens with zero attached hydrogens (tertiary/aromatic N) is 1. The number of rotatable bonds is 4. The maximum atomic E-state index is 12.5. The average molecular weight is 288 g/mol. The molecule has 6 heteroatoms. The van der Waals surface area contributed by atoms with E-state index >= 15 is 0 Å². The zero-order valence-electron chi connectivity index (χ0n) is 10.6. The highest BCUT2D eigenvalue weighted by atomic mass is 32.2. The highest BCUT2D eigenvalue weighted by Gasteiger charge is 2.30. The second-order valence-electron chi connectivity index (χ2n) is 4.70. The summed E-state index contributed by atoms with van der Waals surface area (Å²) in [6.07, 6.45) is 3.15. The minimum atomic E-state index is -3.30. The number of hydrogen-bond donors (Lipinski definition) is 1. The van der Waals surface area contributed by atoms with Crippen molar-refractivity contribution in [3.8, 4) is 0 Å². The Kier molecular flexibility index (Phi) is 4.42. The minimum Gasteiger partial charge on any atom is -0.326 e. The molecule has 1 atom stereocenters. The van der Waals surface area contributed by atoms with E-state index in [-0.39, 0.29) is 0 Å². The molecule has 0 aromatic carbocycles. The van der Waals surface area contributed by atoms with Gasteiger partial charge in [0.25, 0.3) is 10.0 Å². The van der Waals surface area contributed by atoms with Gasteiger partial charge in [-0.25, -0.2) is 8.42 Å². The Balaban J connectivity index is 2.19. The van der Waals surface area contributed by atoms with Crippen LogP contribution in [0.5, 0.6) is 0 Å². The Morgan fingerprint density at radius 1 is 1.50 bits per heavy atom. The first-order chi connectivity index (χ1) is 8.57. The number of nitrogens with two attached hydrogens (primary N) is 1. The maximum absolute atomic E-state index is 12.5. The van der Waals surface area contributed by atoms with Gasteiger partial charge in [-0.1, -0.05) is 13.3 Å². The highest BCUT2D eigenvalue weighted by Crippen LogP contribution is 2.29. The van der Waals surface area contributed by atoms with Crippen molar-refractivity contribution in [2.24, 2.45) is 11.7 Å². The number of piperidine rings is 1. The van der Waals surface area contributed by atoms with Gasteiger partial charge in [0.2, 0.25) is 0 Å². The molecule has 1 aliphatic heterocycles. The zero-order chi connectivity index (χ0) is 13.2. The standard InChI is InChI=1S/C12H20N2O2S2/c1-2-10-4-3-7-14(9-10)18(15,16)12-6-5-11(8-13)17-12/h5-6,10H,2-4,7-9,13H2,1H3. The van der Waals surface area contributed by atoms with E-state index in [2.05, 4.69) is 6.92 Å². The van der Waals surface area contributed by atoms with Gasteiger partial charge in [0.05, 0.1) is 0 Å². The summed E-state index contributed by atoms with van der Waals surface area (Å²) in [5, 5.41) is 0. The molecule has 4 nitrogen and oxygen atoms in total. The molecule has 2 N–H and O–H groups in total. The molecule has 0 amide bonds. The molecule has 18 heavy (non-hydrogen) atoms. The molecule has 2 heterocycles. The topological polar surface area (TPSA) is 63.4 Å². The van der Waals surface area contributed by atoms with Crippen LogP contribution in [0.25, 0.3) is 0 Å². The Bertz CT molecular complexity index is 496. The van der Waals surface area contributed by atoms with E-state index in [1.807, 2.05) is 0 Å². The summed E-state index contributed by atoms with van der Waals surface area (Å²) in [5.74, 6) is 0.502. The first kappa shape index (κ1) is 14.0. The summed E-state index contributed by atoms with van der Waals surface area (Å²) >= 11 is 1.29. The molecule has 2 rings (SSSR count). The quantitative estimate of drug-likeness (QED) is 0.922. The van der Waals surface area contributed by atoms with E-state index in [9.17, 15) is 8.42 Å². The van der Waals surface area contributed by atoms with Gasteiger partial charge in [-0.3, -0.25) is 0 Å². The van der Waals surface area contributed by atoms with Crippen LogP contribution in [0.3, 0.4) is 0 Å². The highest BCUT2D eigenvalue weighted by molar-refractivity contribution is 7.91. The Hall–Kier alpha value is -0.430. The van der Waals surface area contributed by atoms with Crippen molar-refractivity contribution in [2.45, 2.75) is 36.9 Å². The normalized spacial score (nSPS) is 22.2. The summed E-state index contributed by atoms with van der Waals surface area (Å²) in [4.78, 5) is 0.914. The second-order valence-corrected chi connectivity index (χ2v) is 8.04. The molecule has 1 aromatic rings. The van der Waals surface area contributed by atoms with E-state index in [1.165, 1.54) is 11.3 Å². The van der Waals surface area contributed by atoms with Gasteiger partial charge in [0.15, 0.2) is 0 Å². The molecular formula is C12H20N2O2S2. The molecule has 0 bridgehead atoms. The third-order valence-corrected chi connectivity index (χ3v) is 6.93. The van der Waals surface area contributed by atoms with Crippen molar-refractivity contribution in [1.82, 2.24) is 4.31 Å². The fourth-order valence-electron chi connectivity index (χ4n) is 2.31. The fourth-order valence-corrected chi connectivity index (χ4v) is 5.26. The lowest BCUT2D eigenvalue weighted by molar-refractivity contribution is 0.262.